The van der Waals surface area contributed by atoms with Crippen LogP contribution in [0.25, 0.3) is 0 Å². The molecular weight excluding hydrogens is 394 g/mol. The monoisotopic (exact) mass is 393 g/mol. The molecule has 0 aromatic heterocycles. The molecule has 0 aliphatic carbocycles. The number of halogens is 6. The Morgan fingerprint density at radius 2 is 1.50 bits per heavy atom. The predicted molar refractivity (Wildman–Crippen MR) is 58.7 cm³/mol. The molecule has 61 valence electrons. The molecule has 0 aromatic rings. The van der Waals surface area contributed by atoms with Gasteiger partial charge in [0, 0.05) is 12.8 Å². The van der Waals surface area contributed by atoms with Crippen molar-refractivity contribution < 1.29 is 0 Å². The molecular formula is C4H3Br3Cl3. The SMILES string of the molecule is ClC(Cl)(Cl)C[CH]C(Br)(Br)Br. The topological polar surface area (TPSA) is 0 Å². The summed E-state index contributed by atoms with van der Waals surface area (Å²) in [6.45, 7) is 0. The zero-order valence-corrected chi connectivity index (χ0v) is 11.6. The molecule has 0 heterocycles. The molecule has 0 aliphatic heterocycles. The molecule has 10 heavy (non-hydrogen) atoms. The molecule has 0 aliphatic rings. The third-order valence-corrected chi connectivity index (χ3v) is 2.00. The standard InChI is InChI=1S/C4H3Br3Cl3/c5-3(6,7)1-2-4(8,9)10/h1H,2H2. The van der Waals surface area contributed by atoms with Crippen LogP contribution in [0.5, 0.6) is 0 Å². The molecule has 0 unspecified atom stereocenters. The van der Waals surface area contributed by atoms with Crippen LogP contribution >= 0.6 is 82.6 Å². The summed E-state index contributed by atoms with van der Waals surface area (Å²) in [7, 11) is 0. The van der Waals surface area contributed by atoms with Crippen LogP contribution in [0.2, 0.25) is 0 Å². The average Bonchev–Trinajstić information content (AvgIpc) is 1.57. The predicted octanol–water partition coefficient (Wildman–Crippen LogP) is 4.79. The summed E-state index contributed by atoms with van der Waals surface area (Å²) in [5.41, 5.74) is 0. The van der Waals surface area contributed by atoms with Gasteiger partial charge in [-0.2, -0.15) is 0 Å². The smallest absolute Gasteiger partial charge is 0.0837 e. The van der Waals surface area contributed by atoms with Crippen molar-refractivity contribution in [3.63, 3.8) is 0 Å². The Morgan fingerprint density at radius 3 is 1.60 bits per heavy atom. The molecule has 0 spiro atoms. The van der Waals surface area contributed by atoms with Gasteiger partial charge in [-0.1, -0.05) is 82.6 Å². The quantitative estimate of drug-likeness (QED) is 0.559. The van der Waals surface area contributed by atoms with E-state index in [-0.39, 0.29) is 0 Å². The average molecular weight is 397 g/mol. The fraction of sp³-hybridized carbons (Fsp3) is 0.750. The van der Waals surface area contributed by atoms with Gasteiger partial charge in [-0.3, -0.25) is 0 Å². The first-order valence-electron chi connectivity index (χ1n) is 2.18. The van der Waals surface area contributed by atoms with E-state index in [0.717, 1.165) is 0 Å². The minimum absolute atomic E-state index is 0.361. The molecule has 0 atom stereocenters. The van der Waals surface area contributed by atoms with Crippen molar-refractivity contribution in [1.29, 1.82) is 0 Å². The maximum atomic E-state index is 5.48. The second-order valence-electron chi connectivity index (χ2n) is 1.57. The van der Waals surface area contributed by atoms with Crippen molar-refractivity contribution in [2.45, 2.75) is 12.4 Å². The van der Waals surface area contributed by atoms with E-state index in [1.54, 1.807) is 6.42 Å². The third-order valence-electron chi connectivity index (χ3n) is 0.565. The van der Waals surface area contributed by atoms with Crippen molar-refractivity contribution in [3.8, 4) is 0 Å². The first kappa shape index (κ1) is 12.3. The molecule has 0 rings (SSSR count). The fourth-order valence-electron chi connectivity index (χ4n) is 0.231. The van der Waals surface area contributed by atoms with E-state index in [1.807, 2.05) is 0 Å². The Labute approximate surface area is 100 Å². The zero-order chi connectivity index (χ0) is 8.41. The lowest BCUT2D eigenvalue weighted by Crippen LogP contribution is -2.09. The summed E-state index contributed by atoms with van der Waals surface area (Å²) in [6, 6.07) is 0. The van der Waals surface area contributed by atoms with Gasteiger partial charge in [-0.05, 0) is 0 Å². The highest BCUT2D eigenvalue weighted by molar-refractivity contribution is 9.39. The van der Waals surface area contributed by atoms with Gasteiger partial charge in [0.2, 0.25) is 0 Å². The molecule has 1 radical (unpaired) electrons. The molecule has 0 saturated heterocycles. The summed E-state index contributed by atoms with van der Waals surface area (Å²) >= 11 is 26.1. The van der Waals surface area contributed by atoms with E-state index in [2.05, 4.69) is 47.8 Å². The van der Waals surface area contributed by atoms with Gasteiger partial charge in [0.05, 0.1) is 0 Å². The lowest BCUT2D eigenvalue weighted by atomic mass is 10.4. The molecule has 0 nitrogen and oxygen atoms in total. The second-order valence-corrected chi connectivity index (χ2v) is 11.0. The first-order chi connectivity index (χ1) is 4.21. The molecule has 0 aromatic carbocycles. The highest BCUT2D eigenvalue weighted by Gasteiger charge is 2.26. The Morgan fingerprint density at radius 1 is 1.10 bits per heavy atom. The Kier molecular flexibility index (Phi) is 5.56. The van der Waals surface area contributed by atoms with Crippen molar-refractivity contribution in [3.05, 3.63) is 6.42 Å². The summed E-state index contributed by atoms with van der Waals surface area (Å²) in [6.07, 6.45) is 2.11. The van der Waals surface area contributed by atoms with E-state index < -0.39 is 5.94 Å². The van der Waals surface area contributed by atoms with Gasteiger partial charge in [0.15, 0.2) is 3.79 Å². The van der Waals surface area contributed by atoms with Gasteiger partial charge in [-0.25, -0.2) is 0 Å². The van der Waals surface area contributed by atoms with Crippen LogP contribution in [-0.4, -0.2) is 5.94 Å². The summed E-state index contributed by atoms with van der Waals surface area (Å²) < 4.78 is -1.66. The van der Waals surface area contributed by atoms with Crippen molar-refractivity contribution in [2.75, 3.05) is 0 Å². The third kappa shape index (κ3) is 10.3. The summed E-state index contributed by atoms with van der Waals surface area (Å²) in [5, 5.41) is 0. The fourth-order valence-corrected chi connectivity index (χ4v) is 0.949. The van der Waals surface area contributed by atoms with E-state index in [1.165, 1.54) is 0 Å². The number of hydrogen-bond acceptors (Lipinski definition) is 0. The molecule has 0 fully saturated rings. The lowest BCUT2D eigenvalue weighted by Gasteiger charge is -2.15. The van der Waals surface area contributed by atoms with Gasteiger partial charge in [0.1, 0.15) is 2.14 Å². The molecule has 0 N–H and O–H groups in total. The van der Waals surface area contributed by atoms with Crippen molar-refractivity contribution >= 4 is 82.6 Å². The van der Waals surface area contributed by atoms with E-state index in [0.29, 0.717) is 6.42 Å². The second kappa shape index (κ2) is 4.52. The maximum absolute atomic E-state index is 5.48. The molecule has 0 amide bonds. The number of rotatable bonds is 1. The van der Waals surface area contributed by atoms with Crippen LogP contribution in [-0.2, 0) is 0 Å². The van der Waals surface area contributed by atoms with Crippen molar-refractivity contribution in [2.24, 2.45) is 0 Å². The normalized spacial score (nSPS) is 13.8. The Bertz CT molecular complexity index is 89.3. The van der Waals surface area contributed by atoms with Crippen LogP contribution in [0.3, 0.4) is 0 Å². The summed E-state index contributed by atoms with van der Waals surface area (Å²) in [5.74, 6) is 0. The minimum atomic E-state index is -1.22. The zero-order valence-electron chi connectivity index (χ0n) is 4.55. The lowest BCUT2D eigenvalue weighted by molar-refractivity contribution is 0.977. The van der Waals surface area contributed by atoms with Crippen LogP contribution in [0.15, 0.2) is 0 Å². The van der Waals surface area contributed by atoms with Crippen LogP contribution in [0, 0.1) is 6.42 Å². The maximum Gasteiger partial charge on any atom is 0.191 e. The highest BCUT2D eigenvalue weighted by Crippen LogP contribution is 2.42. The van der Waals surface area contributed by atoms with Crippen LogP contribution in [0.4, 0.5) is 0 Å². The molecule has 6 heteroatoms. The Hall–Kier alpha value is 2.31. The summed E-state index contributed by atoms with van der Waals surface area (Å²) in [4.78, 5) is 0. The van der Waals surface area contributed by atoms with Gasteiger partial charge < -0.3 is 0 Å². The largest absolute Gasteiger partial charge is 0.191 e. The van der Waals surface area contributed by atoms with E-state index >= 15 is 0 Å². The van der Waals surface area contributed by atoms with Gasteiger partial charge >= 0.3 is 0 Å². The van der Waals surface area contributed by atoms with Gasteiger partial charge in [0.25, 0.3) is 0 Å². The first-order valence-corrected chi connectivity index (χ1v) is 5.70. The molecule has 0 bridgehead atoms. The van der Waals surface area contributed by atoms with Gasteiger partial charge in [-0.15, -0.1) is 0 Å². The minimum Gasteiger partial charge on any atom is -0.0837 e. The van der Waals surface area contributed by atoms with Crippen molar-refractivity contribution in [1.82, 2.24) is 0 Å². The highest BCUT2D eigenvalue weighted by atomic mass is 80.0. The molecule has 0 saturated carbocycles. The number of hydrogen-bond donors (Lipinski definition) is 0. The van der Waals surface area contributed by atoms with E-state index in [9.17, 15) is 0 Å². The van der Waals surface area contributed by atoms with Crippen LogP contribution in [0.1, 0.15) is 6.42 Å². The Balaban J connectivity index is 3.56. The van der Waals surface area contributed by atoms with Crippen LogP contribution < -0.4 is 0 Å². The number of alkyl halides is 6. The van der Waals surface area contributed by atoms with E-state index in [4.69, 9.17) is 34.8 Å².